The van der Waals surface area contributed by atoms with Gasteiger partial charge in [0, 0.05) is 12.1 Å². The van der Waals surface area contributed by atoms with Crippen molar-refractivity contribution in [2.45, 2.75) is 13.8 Å². The highest BCUT2D eigenvalue weighted by Gasteiger charge is 2.23. The molecule has 0 aliphatic rings. The number of ether oxygens (including phenoxy) is 1. The number of aryl methyl sites for hydroxylation is 2. The van der Waals surface area contributed by atoms with E-state index in [1.54, 1.807) is 12.1 Å². The van der Waals surface area contributed by atoms with Crippen molar-refractivity contribution in [3.63, 3.8) is 0 Å². The molecule has 0 saturated heterocycles. The molecule has 0 amide bonds. The lowest BCUT2D eigenvalue weighted by atomic mass is 9.99. The Labute approximate surface area is 190 Å². The van der Waals surface area contributed by atoms with Crippen molar-refractivity contribution < 1.29 is 14.6 Å². The number of nitrogens with zero attached hydrogens (tertiary/aromatic N) is 2. The fourth-order valence-corrected chi connectivity index (χ4v) is 3.74. The predicted octanol–water partition coefficient (Wildman–Crippen LogP) is 7.25. The summed E-state index contributed by atoms with van der Waals surface area (Å²) in [7, 11) is 0. The summed E-state index contributed by atoms with van der Waals surface area (Å²) in [5, 5.41) is 23.5. The molecule has 0 aliphatic carbocycles. The minimum Gasteiger partial charge on any atom is -0.443 e. The molecule has 0 unspecified atom stereocenters. The Morgan fingerprint density at radius 3 is 1.36 bits per heavy atom. The topological polar surface area (TPSA) is 95.5 Å². The van der Waals surface area contributed by atoms with Crippen LogP contribution >= 0.6 is 0 Å². The molecule has 0 heterocycles. The van der Waals surface area contributed by atoms with Gasteiger partial charge in [-0.15, -0.1) is 0 Å². The summed E-state index contributed by atoms with van der Waals surface area (Å²) in [6.45, 7) is 3.84. The smallest absolute Gasteiger partial charge is 0.312 e. The van der Waals surface area contributed by atoms with E-state index in [-0.39, 0.29) is 22.9 Å². The number of nitro groups is 2. The minimum absolute atomic E-state index is 0.0657. The Hall–Kier alpha value is -4.52. The zero-order valence-corrected chi connectivity index (χ0v) is 18.0. The molecule has 0 N–H and O–H groups in total. The van der Waals surface area contributed by atoms with Crippen LogP contribution in [0.3, 0.4) is 0 Å². The maximum absolute atomic E-state index is 11.8. The molecule has 33 heavy (non-hydrogen) atoms. The quantitative estimate of drug-likeness (QED) is 0.232. The van der Waals surface area contributed by atoms with Gasteiger partial charge in [0.1, 0.15) is 0 Å². The Morgan fingerprint density at radius 2 is 1.00 bits per heavy atom. The highest BCUT2D eigenvalue weighted by Crippen LogP contribution is 2.40. The predicted molar refractivity (Wildman–Crippen MR) is 127 cm³/mol. The number of nitro benzene ring substituents is 2. The second-order valence-electron chi connectivity index (χ2n) is 7.61. The summed E-state index contributed by atoms with van der Waals surface area (Å²) in [4.78, 5) is 22.4. The van der Waals surface area contributed by atoms with Crippen LogP contribution in [0, 0.1) is 34.1 Å². The Balaban J connectivity index is 1.75. The van der Waals surface area contributed by atoms with Gasteiger partial charge in [-0.05, 0) is 59.4 Å². The molecule has 0 atom stereocenters. The first-order valence-electron chi connectivity index (χ1n) is 10.2. The number of hydrogen-bond acceptors (Lipinski definition) is 5. The average Bonchev–Trinajstić information content (AvgIpc) is 2.80. The van der Waals surface area contributed by atoms with Crippen LogP contribution in [0.25, 0.3) is 22.3 Å². The molecule has 0 aliphatic heterocycles. The third kappa shape index (κ3) is 4.43. The maximum Gasteiger partial charge on any atom is 0.312 e. The van der Waals surface area contributed by atoms with Crippen molar-refractivity contribution in [3.8, 4) is 33.8 Å². The van der Waals surface area contributed by atoms with Crippen molar-refractivity contribution >= 4 is 11.4 Å². The zero-order chi connectivity index (χ0) is 23.5. The van der Waals surface area contributed by atoms with Gasteiger partial charge in [-0.1, -0.05) is 60.7 Å². The first-order chi connectivity index (χ1) is 15.8. The van der Waals surface area contributed by atoms with Gasteiger partial charge in [0.05, 0.1) is 9.85 Å². The number of rotatable bonds is 6. The van der Waals surface area contributed by atoms with Crippen LogP contribution in [0.4, 0.5) is 11.4 Å². The second kappa shape index (κ2) is 8.92. The van der Waals surface area contributed by atoms with Crippen LogP contribution in [0.1, 0.15) is 11.1 Å². The molecule has 4 rings (SSSR count). The van der Waals surface area contributed by atoms with E-state index in [0.717, 1.165) is 22.3 Å². The van der Waals surface area contributed by atoms with Gasteiger partial charge in [0.15, 0.2) is 0 Å². The molecule has 0 radical (unpaired) electrons. The Kier molecular flexibility index (Phi) is 5.87. The van der Waals surface area contributed by atoms with E-state index >= 15 is 0 Å². The molecule has 164 valence electrons. The highest BCUT2D eigenvalue weighted by atomic mass is 16.6. The van der Waals surface area contributed by atoms with Gasteiger partial charge in [0.2, 0.25) is 11.5 Å². The third-order valence-electron chi connectivity index (χ3n) is 5.44. The van der Waals surface area contributed by atoms with E-state index in [2.05, 4.69) is 0 Å². The minimum atomic E-state index is -0.551. The van der Waals surface area contributed by atoms with E-state index in [0.29, 0.717) is 11.1 Å². The molecule has 4 aromatic carbocycles. The zero-order valence-electron chi connectivity index (χ0n) is 18.0. The Morgan fingerprint density at radius 1 is 0.606 bits per heavy atom. The summed E-state index contributed by atoms with van der Waals surface area (Å²) >= 11 is 0. The number of benzene rings is 4. The lowest BCUT2D eigenvalue weighted by molar-refractivity contribution is -0.387. The van der Waals surface area contributed by atoms with E-state index in [1.165, 1.54) is 24.3 Å². The van der Waals surface area contributed by atoms with Crippen LogP contribution in [0.15, 0.2) is 84.9 Å². The van der Waals surface area contributed by atoms with Gasteiger partial charge < -0.3 is 4.74 Å². The monoisotopic (exact) mass is 440 g/mol. The molecular formula is C26H20N2O5. The molecule has 0 spiro atoms. The van der Waals surface area contributed by atoms with E-state index in [1.807, 2.05) is 62.4 Å². The molecule has 4 aromatic rings. The summed E-state index contributed by atoms with van der Waals surface area (Å²) in [6.07, 6.45) is 0. The molecule has 7 heteroatoms. The fourth-order valence-electron chi connectivity index (χ4n) is 3.74. The highest BCUT2D eigenvalue weighted by molar-refractivity contribution is 5.73. The Bertz CT molecular complexity index is 1280. The number of hydrogen-bond donors (Lipinski definition) is 0. The normalized spacial score (nSPS) is 10.6. The van der Waals surface area contributed by atoms with Gasteiger partial charge in [0.25, 0.3) is 0 Å². The van der Waals surface area contributed by atoms with E-state index in [4.69, 9.17) is 4.74 Å². The van der Waals surface area contributed by atoms with Crippen molar-refractivity contribution in [2.24, 2.45) is 0 Å². The van der Waals surface area contributed by atoms with Crippen molar-refractivity contribution in [3.05, 3.63) is 116 Å². The standard InChI is InChI=1S/C26H20N2O5/c1-17-7-3-5-9-21(17)19-11-13-25(23(15-19)27(29)30)33-26-14-12-20(16-24(26)28(31)32)22-10-6-4-8-18(22)2/h3-16H,1-2H3. The molecule has 0 fully saturated rings. The van der Waals surface area contributed by atoms with Gasteiger partial charge >= 0.3 is 11.4 Å². The molecule has 0 saturated carbocycles. The summed E-state index contributed by atoms with van der Waals surface area (Å²) in [5.41, 5.74) is 4.46. The second-order valence-corrected chi connectivity index (χ2v) is 7.61. The summed E-state index contributed by atoms with van der Waals surface area (Å²) in [6, 6.07) is 24.3. The SMILES string of the molecule is Cc1ccccc1-c1ccc(Oc2ccc(-c3ccccc3C)cc2[N+](=O)[O-])c([N+](=O)[O-])c1. The van der Waals surface area contributed by atoms with Crippen LogP contribution in [0.5, 0.6) is 11.5 Å². The lowest BCUT2D eigenvalue weighted by Gasteiger charge is -2.11. The average molecular weight is 440 g/mol. The van der Waals surface area contributed by atoms with Gasteiger partial charge in [-0.25, -0.2) is 0 Å². The van der Waals surface area contributed by atoms with E-state index in [9.17, 15) is 20.2 Å². The molecule has 7 nitrogen and oxygen atoms in total. The lowest BCUT2D eigenvalue weighted by Crippen LogP contribution is -1.98. The van der Waals surface area contributed by atoms with Crippen molar-refractivity contribution in [2.75, 3.05) is 0 Å². The summed E-state index contributed by atoms with van der Waals surface area (Å²) in [5.74, 6) is -0.131. The van der Waals surface area contributed by atoms with Gasteiger partial charge in [-0.2, -0.15) is 0 Å². The van der Waals surface area contributed by atoms with Crippen molar-refractivity contribution in [1.29, 1.82) is 0 Å². The molecular weight excluding hydrogens is 420 g/mol. The third-order valence-corrected chi connectivity index (χ3v) is 5.44. The van der Waals surface area contributed by atoms with E-state index < -0.39 is 9.85 Å². The maximum atomic E-state index is 11.8. The van der Waals surface area contributed by atoms with Crippen LogP contribution in [-0.2, 0) is 0 Å². The molecule has 0 aromatic heterocycles. The molecule has 0 bridgehead atoms. The van der Waals surface area contributed by atoms with Crippen molar-refractivity contribution in [1.82, 2.24) is 0 Å². The van der Waals surface area contributed by atoms with Crippen LogP contribution in [0.2, 0.25) is 0 Å². The van der Waals surface area contributed by atoms with Gasteiger partial charge in [-0.3, -0.25) is 20.2 Å². The van der Waals surface area contributed by atoms with Crippen LogP contribution in [-0.4, -0.2) is 9.85 Å². The largest absolute Gasteiger partial charge is 0.443 e. The van der Waals surface area contributed by atoms with Crippen LogP contribution < -0.4 is 4.74 Å². The fraction of sp³-hybridized carbons (Fsp3) is 0.0769. The first-order valence-corrected chi connectivity index (χ1v) is 10.2. The summed E-state index contributed by atoms with van der Waals surface area (Å²) < 4.78 is 5.72. The first kappa shape index (κ1) is 21.7.